The van der Waals surface area contributed by atoms with E-state index in [0.717, 1.165) is 6.54 Å². The molecule has 0 atom stereocenters. The summed E-state index contributed by atoms with van der Waals surface area (Å²) in [5, 5.41) is 0. The number of nitrogens with one attached hydrogen (secondary N) is 2. The quantitative estimate of drug-likeness (QED) is 0.721. The molecule has 1 aliphatic heterocycles. The summed E-state index contributed by atoms with van der Waals surface area (Å²) in [5.74, 6) is 0. The number of piperazine rings is 1. The summed E-state index contributed by atoms with van der Waals surface area (Å²) >= 11 is 0. The third-order valence-corrected chi connectivity index (χ3v) is 5.50. The van der Waals surface area contributed by atoms with E-state index in [1.165, 1.54) is 11.2 Å². The van der Waals surface area contributed by atoms with Gasteiger partial charge in [-0.3, -0.25) is 9.78 Å². The molecule has 2 rings (SSSR count). The van der Waals surface area contributed by atoms with E-state index in [1.807, 2.05) is 11.9 Å². The van der Waals surface area contributed by atoms with Gasteiger partial charge >= 0.3 is 5.69 Å². The number of H-pyrrole nitrogens is 2. The number of nitrogens with zero attached hydrogens (tertiary/aromatic N) is 2. The van der Waals surface area contributed by atoms with Crippen molar-refractivity contribution in [2.75, 3.05) is 32.7 Å². The standard InChI is InChI=1S/C11H18N4O4S/c1-3-14-4-6-15(7-5-14)20(18,19)9-8(2)12-11(17)13-10(9)16/h3-7H2,1-2H3,(H2,12,13,16,17). The van der Waals surface area contributed by atoms with Gasteiger partial charge in [-0.25, -0.2) is 13.2 Å². The fourth-order valence-electron chi connectivity index (χ4n) is 2.31. The normalized spacial score (nSPS) is 18.3. The van der Waals surface area contributed by atoms with Crippen LogP contribution in [0.15, 0.2) is 14.5 Å². The summed E-state index contributed by atoms with van der Waals surface area (Å²) < 4.78 is 26.3. The molecule has 0 amide bonds. The average molecular weight is 302 g/mol. The maximum Gasteiger partial charge on any atom is 0.325 e. The van der Waals surface area contributed by atoms with Gasteiger partial charge in [0.2, 0.25) is 10.0 Å². The Balaban J connectivity index is 2.37. The van der Waals surface area contributed by atoms with Crippen LogP contribution >= 0.6 is 0 Å². The van der Waals surface area contributed by atoms with Gasteiger partial charge in [-0.15, -0.1) is 0 Å². The Hall–Kier alpha value is -1.45. The molecule has 0 radical (unpaired) electrons. The van der Waals surface area contributed by atoms with E-state index in [9.17, 15) is 18.0 Å². The summed E-state index contributed by atoms with van der Waals surface area (Å²) in [7, 11) is -3.88. The zero-order valence-corrected chi connectivity index (χ0v) is 12.3. The minimum Gasteiger partial charge on any atom is -0.310 e. The molecule has 1 aliphatic rings. The van der Waals surface area contributed by atoms with Gasteiger partial charge in [-0.05, 0) is 13.5 Å². The van der Waals surface area contributed by atoms with Crippen molar-refractivity contribution in [3.63, 3.8) is 0 Å². The molecule has 1 aromatic rings. The monoisotopic (exact) mass is 302 g/mol. The Morgan fingerprint density at radius 2 is 1.70 bits per heavy atom. The van der Waals surface area contributed by atoms with Crippen LogP contribution in [-0.4, -0.2) is 60.3 Å². The van der Waals surface area contributed by atoms with Crippen molar-refractivity contribution in [1.82, 2.24) is 19.2 Å². The third kappa shape index (κ3) is 2.69. The summed E-state index contributed by atoms with van der Waals surface area (Å²) in [6.07, 6.45) is 0. The van der Waals surface area contributed by atoms with Gasteiger partial charge in [0.25, 0.3) is 5.56 Å². The molecule has 0 spiro atoms. The van der Waals surface area contributed by atoms with Crippen LogP contribution in [0.3, 0.4) is 0 Å². The minimum atomic E-state index is -3.88. The fraction of sp³-hybridized carbons (Fsp3) is 0.636. The molecule has 1 fully saturated rings. The highest BCUT2D eigenvalue weighted by atomic mass is 32.2. The molecule has 20 heavy (non-hydrogen) atoms. The highest BCUT2D eigenvalue weighted by Gasteiger charge is 2.31. The molecule has 1 saturated heterocycles. The van der Waals surface area contributed by atoms with E-state index in [2.05, 4.69) is 9.88 Å². The lowest BCUT2D eigenvalue weighted by Crippen LogP contribution is -2.49. The van der Waals surface area contributed by atoms with E-state index in [-0.39, 0.29) is 10.6 Å². The molecule has 9 heteroatoms. The highest BCUT2D eigenvalue weighted by Crippen LogP contribution is 2.15. The van der Waals surface area contributed by atoms with Crippen molar-refractivity contribution in [2.45, 2.75) is 18.7 Å². The van der Waals surface area contributed by atoms with E-state index in [1.54, 1.807) is 0 Å². The van der Waals surface area contributed by atoms with Crippen LogP contribution in [0.1, 0.15) is 12.6 Å². The smallest absolute Gasteiger partial charge is 0.310 e. The van der Waals surface area contributed by atoms with Gasteiger partial charge < -0.3 is 9.88 Å². The highest BCUT2D eigenvalue weighted by molar-refractivity contribution is 7.89. The largest absolute Gasteiger partial charge is 0.325 e. The van der Waals surface area contributed by atoms with Gasteiger partial charge in [0.15, 0.2) is 4.90 Å². The van der Waals surface area contributed by atoms with Crippen molar-refractivity contribution < 1.29 is 8.42 Å². The first-order valence-electron chi connectivity index (χ1n) is 6.42. The Morgan fingerprint density at radius 1 is 1.10 bits per heavy atom. The van der Waals surface area contributed by atoms with Crippen molar-refractivity contribution in [1.29, 1.82) is 0 Å². The maximum absolute atomic E-state index is 12.5. The predicted octanol–water partition coefficient (Wildman–Crippen LogP) is -1.30. The molecular formula is C11H18N4O4S. The number of hydrogen-bond donors (Lipinski definition) is 2. The Labute approximate surface area is 116 Å². The Kier molecular flexibility index (Phi) is 4.11. The zero-order valence-electron chi connectivity index (χ0n) is 11.5. The molecule has 0 unspecified atom stereocenters. The first kappa shape index (κ1) is 14.9. The first-order valence-corrected chi connectivity index (χ1v) is 7.86. The number of hydrogen-bond acceptors (Lipinski definition) is 5. The van der Waals surface area contributed by atoms with Crippen LogP contribution in [0.5, 0.6) is 0 Å². The van der Waals surface area contributed by atoms with Gasteiger partial charge in [0.1, 0.15) is 0 Å². The summed E-state index contributed by atoms with van der Waals surface area (Å²) in [5.41, 5.74) is -1.51. The van der Waals surface area contributed by atoms with Crippen LogP contribution in [0.2, 0.25) is 0 Å². The number of aryl methyl sites for hydroxylation is 1. The first-order chi connectivity index (χ1) is 9.36. The van der Waals surface area contributed by atoms with E-state index < -0.39 is 21.3 Å². The van der Waals surface area contributed by atoms with Crippen molar-refractivity contribution in [2.24, 2.45) is 0 Å². The molecule has 0 saturated carbocycles. The number of rotatable bonds is 3. The Morgan fingerprint density at radius 3 is 2.20 bits per heavy atom. The lowest BCUT2D eigenvalue weighted by atomic mass is 10.4. The lowest BCUT2D eigenvalue weighted by Gasteiger charge is -2.33. The Bertz CT molecular complexity index is 698. The van der Waals surface area contributed by atoms with Crippen LogP contribution in [0, 0.1) is 6.92 Å². The summed E-state index contributed by atoms with van der Waals surface area (Å²) in [6.45, 7) is 6.24. The maximum atomic E-state index is 12.5. The van der Waals surface area contributed by atoms with Crippen LogP contribution in [0.25, 0.3) is 0 Å². The van der Waals surface area contributed by atoms with Gasteiger partial charge in [-0.1, -0.05) is 6.92 Å². The molecule has 112 valence electrons. The van der Waals surface area contributed by atoms with Gasteiger partial charge in [-0.2, -0.15) is 4.31 Å². The molecule has 2 heterocycles. The van der Waals surface area contributed by atoms with Crippen molar-refractivity contribution in [3.05, 3.63) is 26.5 Å². The van der Waals surface area contributed by atoms with E-state index in [0.29, 0.717) is 26.2 Å². The molecule has 8 nitrogen and oxygen atoms in total. The van der Waals surface area contributed by atoms with Crippen LogP contribution in [0.4, 0.5) is 0 Å². The molecule has 0 aliphatic carbocycles. The SMILES string of the molecule is CCN1CCN(S(=O)(=O)c2c(C)[nH]c(=O)[nH]c2=O)CC1. The van der Waals surface area contributed by atoms with Gasteiger partial charge in [0.05, 0.1) is 0 Å². The molecular weight excluding hydrogens is 284 g/mol. The minimum absolute atomic E-state index is 0.0664. The summed E-state index contributed by atoms with van der Waals surface area (Å²) in [4.78, 5) is 28.9. The number of aromatic amines is 2. The molecule has 0 aromatic carbocycles. The van der Waals surface area contributed by atoms with Crippen LogP contribution < -0.4 is 11.2 Å². The van der Waals surface area contributed by atoms with Crippen molar-refractivity contribution in [3.8, 4) is 0 Å². The number of sulfonamides is 1. The second-order valence-corrected chi connectivity index (χ2v) is 6.58. The zero-order chi connectivity index (χ0) is 14.9. The molecule has 1 aromatic heterocycles. The average Bonchev–Trinajstić information content (AvgIpc) is 2.37. The van der Waals surface area contributed by atoms with E-state index >= 15 is 0 Å². The number of likely N-dealkylation sites (N-methyl/N-ethyl adjacent to an activating group) is 1. The fourth-order valence-corrected chi connectivity index (χ4v) is 3.94. The summed E-state index contributed by atoms with van der Waals surface area (Å²) in [6, 6.07) is 0. The molecule has 0 bridgehead atoms. The second-order valence-electron chi connectivity index (χ2n) is 4.70. The van der Waals surface area contributed by atoms with Gasteiger partial charge in [0, 0.05) is 31.9 Å². The van der Waals surface area contributed by atoms with E-state index in [4.69, 9.17) is 0 Å². The molecule has 2 N–H and O–H groups in total. The van der Waals surface area contributed by atoms with Crippen LogP contribution in [-0.2, 0) is 10.0 Å². The second kappa shape index (κ2) is 5.51. The third-order valence-electron chi connectivity index (χ3n) is 3.45. The topological polar surface area (TPSA) is 106 Å². The predicted molar refractivity (Wildman–Crippen MR) is 73.3 cm³/mol. The van der Waals surface area contributed by atoms with Crippen molar-refractivity contribution >= 4 is 10.0 Å². The number of aromatic nitrogens is 2. The lowest BCUT2D eigenvalue weighted by molar-refractivity contribution is 0.196.